The van der Waals surface area contributed by atoms with Crippen molar-refractivity contribution in [3.8, 4) is 5.88 Å². The molecule has 0 unspecified atom stereocenters. The summed E-state index contributed by atoms with van der Waals surface area (Å²) in [6, 6.07) is 5.94. The average Bonchev–Trinajstić information content (AvgIpc) is 3.25. The maximum atomic E-state index is 13.7. The van der Waals surface area contributed by atoms with E-state index in [0.29, 0.717) is 18.6 Å². The number of halogens is 1. The third kappa shape index (κ3) is 4.43. The molecule has 0 radical (unpaired) electrons. The molecular formula is C22H29FN4O. The Morgan fingerprint density at radius 1 is 1.18 bits per heavy atom. The fourth-order valence-electron chi connectivity index (χ4n) is 4.05. The summed E-state index contributed by atoms with van der Waals surface area (Å²) < 4.78 is 19.6. The van der Waals surface area contributed by atoms with Crippen molar-refractivity contribution in [1.29, 1.82) is 0 Å². The zero-order valence-corrected chi connectivity index (χ0v) is 16.7. The van der Waals surface area contributed by atoms with Crippen LogP contribution in [0, 0.1) is 5.82 Å². The molecule has 150 valence electrons. The molecule has 1 fully saturated rings. The molecule has 0 aromatic carbocycles. The van der Waals surface area contributed by atoms with Gasteiger partial charge in [0, 0.05) is 32.1 Å². The Kier molecular flexibility index (Phi) is 6.05. The maximum Gasteiger partial charge on any atom is 0.213 e. The summed E-state index contributed by atoms with van der Waals surface area (Å²) in [5.74, 6) is 1.34. The minimum atomic E-state index is -0.225. The van der Waals surface area contributed by atoms with Gasteiger partial charge in [-0.05, 0) is 56.0 Å². The molecular weight excluding hydrogens is 355 g/mol. The summed E-state index contributed by atoms with van der Waals surface area (Å²) in [6.45, 7) is 7.84. The molecule has 0 bridgehead atoms. The first kappa shape index (κ1) is 19.1. The molecule has 2 aliphatic rings. The van der Waals surface area contributed by atoms with E-state index in [1.54, 1.807) is 0 Å². The first-order valence-corrected chi connectivity index (χ1v) is 10.5. The number of aromatic nitrogens is 2. The van der Waals surface area contributed by atoms with Gasteiger partial charge in [0.15, 0.2) is 0 Å². The average molecular weight is 384 g/mol. The summed E-state index contributed by atoms with van der Waals surface area (Å²) in [5, 5.41) is 0. The molecule has 2 aromatic heterocycles. The summed E-state index contributed by atoms with van der Waals surface area (Å²) in [5.41, 5.74) is 3.01. The van der Waals surface area contributed by atoms with Crippen LogP contribution in [0.4, 0.5) is 10.2 Å². The maximum absolute atomic E-state index is 13.7. The highest BCUT2D eigenvalue weighted by Crippen LogP contribution is 2.25. The minimum Gasteiger partial charge on any atom is -0.478 e. The molecule has 0 spiro atoms. The topological polar surface area (TPSA) is 41.5 Å². The normalized spacial score (nSPS) is 17.0. The van der Waals surface area contributed by atoms with Crippen LogP contribution in [0.1, 0.15) is 43.0 Å². The van der Waals surface area contributed by atoms with E-state index in [9.17, 15) is 4.39 Å². The number of ether oxygens (including phenoxy) is 1. The number of rotatable bonds is 7. The van der Waals surface area contributed by atoms with Gasteiger partial charge < -0.3 is 14.5 Å². The molecule has 5 nitrogen and oxygen atoms in total. The summed E-state index contributed by atoms with van der Waals surface area (Å²) in [4.78, 5) is 13.7. The van der Waals surface area contributed by atoms with Gasteiger partial charge in [-0.3, -0.25) is 0 Å². The van der Waals surface area contributed by atoms with Crippen LogP contribution in [0.15, 0.2) is 24.4 Å². The van der Waals surface area contributed by atoms with Crippen molar-refractivity contribution >= 4 is 5.82 Å². The number of likely N-dealkylation sites (tertiary alicyclic amines) is 1. The monoisotopic (exact) mass is 384 g/mol. The molecule has 4 rings (SSSR count). The van der Waals surface area contributed by atoms with E-state index in [1.165, 1.54) is 37.7 Å². The number of aryl methyl sites for hydroxylation is 1. The number of fused-ring (bicyclic) bond motifs is 1. The lowest BCUT2D eigenvalue weighted by Crippen LogP contribution is -2.31. The van der Waals surface area contributed by atoms with E-state index >= 15 is 0 Å². The lowest BCUT2D eigenvalue weighted by Gasteiger charge is -2.29. The van der Waals surface area contributed by atoms with E-state index in [2.05, 4.69) is 20.9 Å². The van der Waals surface area contributed by atoms with Crippen molar-refractivity contribution in [2.45, 2.75) is 45.6 Å². The van der Waals surface area contributed by atoms with Gasteiger partial charge in [0.2, 0.25) is 5.88 Å². The molecule has 0 amide bonds. The smallest absolute Gasteiger partial charge is 0.213 e. The fourth-order valence-corrected chi connectivity index (χ4v) is 4.05. The van der Waals surface area contributed by atoms with Gasteiger partial charge in [0.05, 0.1) is 18.5 Å². The molecule has 1 saturated heterocycles. The predicted octanol–water partition coefficient (Wildman–Crippen LogP) is 3.61. The van der Waals surface area contributed by atoms with Crippen molar-refractivity contribution in [3.05, 3.63) is 47.0 Å². The summed E-state index contributed by atoms with van der Waals surface area (Å²) in [7, 11) is 0. The van der Waals surface area contributed by atoms with Crippen molar-refractivity contribution in [2.24, 2.45) is 0 Å². The van der Waals surface area contributed by atoms with E-state index in [-0.39, 0.29) is 5.82 Å². The summed E-state index contributed by atoms with van der Waals surface area (Å²) in [6.07, 6.45) is 6.56. The Hall–Kier alpha value is -2.21. The number of hydrogen-bond acceptors (Lipinski definition) is 5. The van der Waals surface area contributed by atoms with Crippen LogP contribution >= 0.6 is 0 Å². The van der Waals surface area contributed by atoms with Crippen LogP contribution in [0.2, 0.25) is 0 Å². The molecule has 0 saturated carbocycles. The van der Waals surface area contributed by atoms with Crippen LogP contribution in [0.3, 0.4) is 0 Å². The van der Waals surface area contributed by atoms with Gasteiger partial charge in [-0.15, -0.1) is 0 Å². The molecule has 2 aromatic rings. The van der Waals surface area contributed by atoms with Crippen LogP contribution in [-0.4, -0.2) is 47.7 Å². The SMILES string of the molecule is CCc1cc(N2CCc3nc(OCCCN4CCCC4)ccc3C2)ncc1F. The Bertz CT molecular complexity index is 807. The molecule has 0 N–H and O–H groups in total. The van der Waals surface area contributed by atoms with Gasteiger partial charge in [0.1, 0.15) is 11.6 Å². The standard InChI is InChI=1S/C22H29FN4O/c1-2-17-14-21(24-15-19(17)23)27-12-8-20-18(16-27)6-7-22(25-20)28-13-5-11-26-9-3-4-10-26/h6-7,14-15H,2-5,8-13,16H2,1H3. The molecule has 0 aliphatic carbocycles. The van der Waals surface area contributed by atoms with Crippen LogP contribution in [0.5, 0.6) is 5.88 Å². The van der Waals surface area contributed by atoms with Crippen molar-refractivity contribution in [2.75, 3.05) is 37.7 Å². The van der Waals surface area contributed by atoms with E-state index in [4.69, 9.17) is 9.72 Å². The predicted molar refractivity (Wildman–Crippen MR) is 108 cm³/mol. The Morgan fingerprint density at radius 3 is 2.86 bits per heavy atom. The molecule has 28 heavy (non-hydrogen) atoms. The van der Waals surface area contributed by atoms with E-state index in [1.807, 2.05) is 19.1 Å². The van der Waals surface area contributed by atoms with Gasteiger partial charge in [0.25, 0.3) is 0 Å². The zero-order valence-electron chi connectivity index (χ0n) is 16.7. The van der Waals surface area contributed by atoms with Gasteiger partial charge in [-0.25, -0.2) is 14.4 Å². The van der Waals surface area contributed by atoms with Crippen molar-refractivity contribution in [3.63, 3.8) is 0 Å². The van der Waals surface area contributed by atoms with Gasteiger partial charge >= 0.3 is 0 Å². The molecule has 2 aliphatic heterocycles. The van der Waals surface area contributed by atoms with E-state index < -0.39 is 0 Å². The number of hydrogen-bond donors (Lipinski definition) is 0. The quantitative estimate of drug-likeness (QED) is 0.682. The highest BCUT2D eigenvalue weighted by molar-refractivity contribution is 5.45. The van der Waals surface area contributed by atoms with Gasteiger partial charge in [-0.1, -0.05) is 13.0 Å². The Balaban J connectivity index is 1.33. The Morgan fingerprint density at radius 2 is 2.04 bits per heavy atom. The largest absolute Gasteiger partial charge is 0.478 e. The third-order valence-electron chi connectivity index (χ3n) is 5.72. The molecule has 0 atom stereocenters. The fraction of sp³-hybridized carbons (Fsp3) is 0.545. The lowest BCUT2D eigenvalue weighted by atomic mass is 10.1. The van der Waals surface area contributed by atoms with Crippen molar-refractivity contribution < 1.29 is 9.13 Å². The highest BCUT2D eigenvalue weighted by Gasteiger charge is 2.20. The first-order chi connectivity index (χ1) is 13.7. The molecule has 6 heteroatoms. The van der Waals surface area contributed by atoms with Gasteiger partial charge in [-0.2, -0.15) is 0 Å². The van der Waals surface area contributed by atoms with Crippen LogP contribution in [0.25, 0.3) is 0 Å². The minimum absolute atomic E-state index is 0.225. The second-order valence-corrected chi connectivity index (χ2v) is 7.67. The van der Waals surface area contributed by atoms with Crippen molar-refractivity contribution in [1.82, 2.24) is 14.9 Å². The Labute approximate surface area is 166 Å². The lowest BCUT2D eigenvalue weighted by molar-refractivity contribution is 0.256. The highest BCUT2D eigenvalue weighted by atomic mass is 19.1. The number of anilines is 1. The second-order valence-electron chi connectivity index (χ2n) is 7.67. The van der Waals surface area contributed by atoms with E-state index in [0.717, 1.165) is 49.9 Å². The third-order valence-corrected chi connectivity index (χ3v) is 5.72. The van der Waals surface area contributed by atoms with Crippen LogP contribution in [-0.2, 0) is 19.4 Å². The number of pyridine rings is 2. The number of nitrogens with zero attached hydrogens (tertiary/aromatic N) is 4. The molecule has 4 heterocycles. The summed E-state index contributed by atoms with van der Waals surface area (Å²) >= 11 is 0. The van der Waals surface area contributed by atoms with Crippen LogP contribution < -0.4 is 9.64 Å². The second kappa shape index (κ2) is 8.86. The zero-order chi connectivity index (χ0) is 19.3. The first-order valence-electron chi connectivity index (χ1n) is 10.5.